The van der Waals surface area contributed by atoms with Gasteiger partial charge in [0.15, 0.2) is 17.5 Å². The van der Waals surface area contributed by atoms with Crippen LogP contribution < -0.4 is 0 Å². The van der Waals surface area contributed by atoms with Crippen molar-refractivity contribution in [1.29, 1.82) is 0 Å². The van der Waals surface area contributed by atoms with Gasteiger partial charge in [0.25, 0.3) is 0 Å². The summed E-state index contributed by atoms with van der Waals surface area (Å²) in [5, 5.41) is 4.10. The van der Waals surface area contributed by atoms with E-state index in [9.17, 15) is 0 Å². The zero-order chi connectivity index (χ0) is 35.1. The first-order valence-corrected chi connectivity index (χ1v) is 17.8. The van der Waals surface area contributed by atoms with E-state index in [0.717, 1.165) is 60.5 Å². The maximum Gasteiger partial charge on any atom is 0.164 e. The SMILES string of the molecule is c1ccc(-c2ccc(-c3ccc(-c4ccc5c(-c6nc(-c7ccccc7)nc(-c7ccccc7)n6)cc6c7ccccc7oc6c5c4)cc3)cc2)cc1. The highest BCUT2D eigenvalue weighted by molar-refractivity contribution is 6.19. The monoisotopic (exact) mass is 677 g/mol. The van der Waals surface area contributed by atoms with Crippen molar-refractivity contribution in [3.63, 3.8) is 0 Å². The van der Waals surface area contributed by atoms with Gasteiger partial charge in [-0.25, -0.2) is 15.0 Å². The quantitative estimate of drug-likeness (QED) is 0.176. The van der Waals surface area contributed by atoms with Crippen molar-refractivity contribution in [1.82, 2.24) is 15.0 Å². The second-order valence-corrected chi connectivity index (χ2v) is 13.2. The number of fused-ring (bicyclic) bond motifs is 5. The number of nitrogens with zero attached hydrogens (tertiary/aromatic N) is 3. The van der Waals surface area contributed by atoms with E-state index in [2.05, 4.69) is 109 Å². The van der Waals surface area contributed by atoms with Crippen LogP contribution in [0, 0.1) is 0 Å². The second kappa shape index (κ2) is 12.9. The van der Waals surface area contributed by atoms with Gasteiger partial charge in [-0.2, -0.15) is 0 Å². The average Bonchev–Trinajstić information content (AvgIpc) is 3.63. The number of hydrogen-bond donors (Lipinski definition) is 0. The summed E-state index contributed by atoms with van der Waals surface area (Å²) in [4.78, 5) is 15.2. The van der Waals surface area contributed by atoms with Crippen LogP contribution in [0.1, 0.15) is 0 Å². The van der Waals surface area contributed by atoms with E-state index in [4.69, 9.17) is 19.4 Å². The molecule has 0 atom stereocenters. The first-order valence-electron chi connectivity index (χ1n) is 17.8. The molecule has 53 heavy (non-hydrogen) atoms. The van der Waals surface area contributed by atoms with Crippen molar-refractivity contribution < 1.29 is 4.42 Å². The Morgan fingerprint density at radius 3 is 1.26 bits per heavy atom. The molecule has 0 N–H and O–H groups in total. The predicted octanol–water partition coefficient (Wildman–Crippen LogP) is 12.9. The van der Waals surface area contributed by atoms with Gasteiger partial charge in [-0.3, -0.25) is 0 Å². The first kappa shape index (κ1) is 30.6. The predicted molar refractivity (Wildman–Crippen MR) is 217 cm³/mol. The fourth-order valence-corrected chi connectivity index (χ4v) is 7.23. The summed E-state index contributed by atoms with van der Waals surface area (Å²) in [7, 11) is 0. The molecule has 0 aliphatic carbocycles. The topological polar surface area (TPSA) is 51.8 Å². The normalized spacial score (nSPS) is 11.4. The lowest BCUT2D eigenvalue weighted by Crippen LogP contribution is -2.00. The lowest BCUT2D eigenvalue weighted by Gasteiger charge is -2.12. The van der Waals surface area contributed by atoms with E-state index in [1.54, 1.807) is 0 Å². The van der Waals surface area contributed by atoms with Gasteiger partial charge in [0, 0.05) is 32.8 Å². The number of hydrogen-bond acceptors (Lipinski definition) is 4. The third-order valence-electron chi connectivity index (χ3n) is 9.96. The summed E-state index contributed by atoms with van der Waals surface area (Å²) in [5.41, 5.74) is 11.5. The van der Waals surface area contributed by atoms with Crippen LogP contribution in [-0.2, 0) is 0 Å². The van der Waals surface area contributed by atoms with Gasteiger partial charge in [0.05, 0.1) is 0 Å². The first-order chi connectivity index (χ1) is 26.2. The standard InChI is InChI=1S/C49H31N3O/c1-4-12-32(13-5-1)33-20-22-34(23-21-33)35-24-26-36(27-25-35)39-28-29-40-42(30-39)46-43(41-18-10-11-19-45(41)53-46)31-44(40)49-51-47(37-14-6-2-7-15-37)50-48(52-49)38-16-8-3-9-17-38/h1-31H. The minimum Gasteiger partial charge on any atom is -0.455 e. The molecule has 0 saturated heterocycles. The van der Waals surface area contributed by atoms with Crippen molar-refractivity contribution in [2.75, 3.05) is 0 Å². The minimum atomic E-state index is 0.616. The van der Waals surface area contributed by atoms with Gasteiger partial charge >= 0.3 is 0 Å². The molecular weight excluding hydrogens is 647 g/mol. The molecule has 10 rings (SSSR count). The number of aromatic nitrogens is 3. The van der Waals surface area contributed by atoms with Crippen molar-refractivity contribution >= 4 is 32.7 Å². The molecule has 0 saturated carbocycles. The molecular formula is C49H31N3O. The maximum absolute atomic E-state index is 6.60. The molecule has 4 heteroatoms. The molecule has 0 aliphatic rings. The van der Waals surface area contributed by atoms with Crippen molar-refractivity contribution in [2.45, 2.75) is 0 Å². The van der Waals surface area contributed by atoms with Gasteiger partial charge in [-0.15, -0.1) is 0 Å². The Balaban J connectivity index is 1.11. The van der Waals surface area contributed by atoms with Crippen LogP contribution in [-0.4, -0.2) is 15.0 Å². The molecule has 248 valence electrons. The smallest absolute Gasteiger partial charge is 0.164 e. The lowest BCUT2D eigenvalue weighted by atomic mass is 9.94. The molecule has 4 nitrogen and oxygen atoms in total. The van der Waals surface area contributed by atoms with E-state index < -0.39 is 0 Å². The molecule has 0 spiro atoms. The molecule has 8 aromatic carbocycles. The fraction of sp³-hybridized carbons (Fsp3) is 0. The Kier molecular flexibility index (Phi) is 7.43. The van der Waals surface area contributed by atoms with Crippen molar-refractivity contribution in [2.24, 2.45) is 0 Å². The van der Waals surface area contributed by atoms with Crippen LogP contribution in [0.3, 0.4) is 0 Å². The van der Waals surface area contributed by atoms with Crippen LogP contribution in [0.4, 0.5) is 0 Å². The third kappa shape index (κ3) is 5.63. The molecule has 0 unspecified atom stereocenters. The van der Waals surface area contributed by atoms with Gasteiger partial charge in [0.1, 0.15) is 11.2 Å². The van der Waals surface area contributed by atoms with Gasteiger partial charge in [0.2, 0.25) is 0 Å². The molecule has 0 aliphatic heterocycles. The fourth-order valence-electron chi connectivity index (χ4n) is 7.23. The number of rotatable bonds is 6. The van der Waals surface area contributed by atoms with E-state index in [1.807, 2.05) is 78.9 Å². The minimum absolute atomic E-state index is 0.616. The van der Waals surface area contributed by atoms with Crippen LogP contribution in [0.25, 0.3) is 100 Å². The van der Waals surface area contributed by atoms with Crippen molar-refractivity contribution in [3.05, 3.63) is 188 Å². The molecule has 0 amide bonds. The summed E-state index contributed by atoms with van der Waals surface area (Å²) in [6, 6.07) is 65.2. The highest BCUT2D eigenvalue weighted by atomic mass is 16.3. The van der Waals surface area contributed by atoms with Crippen LogP contribution in [0.15, 0.2) is 192 Å². The molecule has 10 aromatic rings. The summed E-state index contributed by atoms with van der Waals surface area (Å²) in [6.45, 7) is 0. The van der Waals surface area contributed by atoms with E-state index in [0.29, 0.717) is 17.5 Å². The maximum atomic E-state index is 6.60. The number of para-hydroxylation sites is 1. The second-order valence-electron chi connectivity index (χ2n) is 13.2. The molecule has 0 radical (unpaired) electrons. The van der Waals surface area contributed by atoms with Crippen LogP contribution in [0.2, 0.25) is 0 Å². The Labute approximate surface area is 306 Å². The molecule has 0 bridgehead atoms. The Bertz CT molecular complexity index is 2840. The zero-order valence-electron chi connectivity index (χ0n) is 28.6. The Morgan fingerprint density at radius 2 is 0.698 bits per heavy atom. The molecule has 2 heterocycles. The van der Waals surface area contributed by atoms with E-state index >= 15 is 0 Å². The lowest BCUT2D eigenvalue weighted by molar-refractivity contribution is 0.672. The van der Waals surface area contributed by atoms with E-state index in [1.165, 1.54) is 22.3 Å². The number of furan rings is 1. The molecule has 0 fully saturated rings. The Morgan fingerprint density at radius 1 is 0.283 bits per heavy atom. The summed E-state index contributed by atoms with van der Waals surface area (Å²) in [6.07, 6.45) is 0. The molecule has 2 aromatic heterocycles. The average molecular weight is 678 g/mol. The zero-order valence-corrected chi connectivity index (χ0v) is 28.6. The summed E-state index contributed by atoms with van der Waals surface area (Å²) >= 11 is 0. The highest BCUT2D eigenvalue weighted by Crippen LogP contribution is 2.41. The van der Waals surface area contributed by atoms with Crippen LogP contribution >= 0.6 is 0 Å². The van der Waals surface area contributed by atoms with Gasteiger partial charge < -0.3 is 4.42 Å². The summed E-state index contributed by atoms with van der Waals surface area (Å²) < 4.78 is 6.60. The van der Waals surface area contributed by atoms with Gasteiger partial charge in [-0.1, -0.05) is 170 Å². The summed E-state index contributed by atoms with van der Waals surface area (Å²) in [5.74, 6) is 1.88. The number of benzene rings is 8. The highest BCUT2D eigenvalue weighted by Gasteiger charge is 2.19. The third-order valence-corrected chi connectivity index (χ3v) is 9.96. The van der Waals surface area contributed by atoms with E-state index in [-0.39, 0.29) is 0 Å². The van der Waals surface area contributed by atoms with Crippen molar-refractivity contribution in [3.8, 4) is 67.5 Å². The largest absolute Gasteiger partial charge is 0.455 e. The Hall–Kier alpha value is -7.17. The van der Waals surface area contributed by atoms with Crippen LogP contribution in [0.5, 0.6) is 0 Å². The van der Waals surface area contributed by atoms with Gasteiger partial charge in [-0.05, 0) is 57.0 Å².